The van der Waals surface area contributed by atoms with Crippen LogP contribution in [0, 0.1) is 11.8 Å². The molecule has 0 saturated heterocycles. The van der Waals surface area contributed by atoms with Crippen LogP contribution in [0.15, 0.2) is 54.6 Å². The molecule has 6 heteroatoms. The highest BCUT2D eigenvalue weighted by Crippen LogP contribution is 2.21. The molecular weight excluding hydrogens is 356 g/mol. The van der Waals surface area contributed by atoms with E-state index in [1.807, 2.05) is 30.3 Å². The van der Waals surface area contributed by atoms with Crippen molar-refractivity contribution in [3.05, 3.63) is 65.7 Å². The summed E-state index contributed by atoms with van der Waals surface area (Å²) < 4.78 is 0. The highest BCUT2D eigenvalue weighted by molar-refractivity contribution is 6.01. The average Bonchev–Trinajstić information content (AvgIpc) is 2.72. The molecule has 0 aliphatic heterocycles. The Morgan fingerprint density at radius 1 is 0.893 bits per heavy atom. The van der Waals surface area contributed by atoms with Crippen molar-refractivity contribution in [1.29, 1.82) is 0 Å². The molecule has 0 aliphatic carbocycles. The van der Waals surface area contributed by atoms with Crippen LogP contribution in [0.25, 0.3) is 0 Å². The van der Waals surface area contributed by atoms with Gasteiger partial charge >= 0.3 is 0 Å². The average molecular weight is 380 g/mol. The molecule has 2 aromatic carbocycles. The Hall–Kier alpha value is -3.14. The molecule has 0 fully saturated rings. The number of hydrogen-bond donors (Lipinski definition) is 2. The van der Waals surface area contributed by atoms with Crippen LogP contribution in [0.5, 0.6) is 0 Å². The summed E-state index contributed by atoms with van der Waals surface area (Å²) in [4.78, 5) is 27.1. The number of hydrogen-bond acceptors (Lipinski definition) is 4. The summed E-state index contributed by atoms with van der Waals surface area (Å²) in [5.41, 5.74) is 1.93. The third-order valence-corrected chi connectivity index (χ3v) is 4.14. The molecule has 0 radical (unpaired) electrons. The number of aliphatic hydroxyl groups is 2. The van der Waals surface area contributed by atoms with Crippen LogP contribution in [-0.4, -0.2) is 59.8 Å². The van der Waals surface area contributed by atoms with Crippen molar-refractivity contribution in [2.45, 2.75) is 19.1 Å². The molecular formula is C22H24N2O4. The van der Waals surface area contributed by atoms with Crippen LogP contribution >= 0.6 is 0 Å². The first-order valence-electron chi connectivity index (χ1n) is 8.91. The van der Waals surface area contributed by atoms with E-state index in [1.165, 1.54) is 19.0 Å². The van der Waals surface area contributed by atoms with Gasteiger partial charge in [0.05, 0.1) is 5.69 Å². The molecule has 0 saturated carbocycles. The Labute approximate surface area is 165 Å². The molecule has 2 N–H and O–H groups in total. The van der Waals surface area contributed by atoms with Gasteiger partial charge in [0, 0.05) is 31.8 Å². The van der Waals surface area contributed by atoms with Crippen LogP contribution < -0.4 is 4.90 Å². The second-order valence-corrected chi connectivity index (χ2v) is 6.34. The van der Waals surface area contributed by atoms with Crippen LogP contribution in [-0.2, 0) is 9.59 Å². The van der Waals surface area contributed by atoms with E-state index < -0.39 is 24.0 Å². The number of carbonyl (C=O) groups is 2. The van der Waals surface area contributed by atoms with Crippen LogP contribution in [0.4, 0.5) is 5.69 Å². The van der Waals surface area contributed by atoms with Gasteiger partial charge in [-0.15, -0.1) is 0 Å². The van der Waals surface area contributed by atoms with Gasteiger partial charge in [0.1, 0.15) is 0 Å². The van der Waals surface area contributed by atoms with Gasteiger partial charge in [-0.1, -0.05) is 42.2 Å². The summed E-state index contributed by atoms with van der Waals surface area (Å²) in [6, 6.07) is 16.5. The van der Waals surface area contributed by atoms with Crippen molar-refractivity contribution in [2.24, 2.45) is 0 Å². The van der Waals surface area contributed by atoms with E-state index in [0.717, 1.165) is 10.5 Å². The van der Waals surface area contributed by atoms with Crippen molar-refractivity contribution in [3.8, 4) is 11.8 Å². The van der Waals surface area contributed by atoms with E-state index in [1.54, 1.807) is 31.2 Å². The fourth-order valence-corrected chi connectivity index (χ4v) is 2.61. The lowest BCUT2D eigenvalue weighted by molar-refractivity contribution is -0.150. The summed E-state index contributed by atoms with van der Waals surface area (Å²) in [5, 5.41) is 20.3. The van der Waals surface area contributed by atoms with E-state index in [4.69, 9.17) is 0 Å². The molecule has 0 unspecified atom stereocenters. The van der Waals surface area contributed by atoms with Crippen molar-refractivity contribution >= 4 is 17.5 Å². The molecule has 2 atom stereocenters. The topological polar surface area (TPSA) is 81.1 Å². The van der Waals surface area contributed by atoms with Gasteiger partial charge in [-0.2, -0.15) is 0 Å². The standard InChI is InChI=1S/C22H24N2O4/c1-4-24(22(28)20(26)19(25)21(27)23(2)3)18-13-9-8-12-17(18)15-14-16-10-6-5-7-11-16/h5-13,19-20,25-26H,4H2,1-3H3/t19-,20-/m1/s1. The molecule has 0 bridgehead atoms. The molecule has 0 aliphatic rings. The Kier molecular flexibility index (Phi) is 7.33. The molecule has 0 aromatic heterocycles. The number of likely N-dealkylation sites (N-methyl/N-ethyl adjacent to an activating group) is 2. The zero-order valence-electron chi connectivity index (χ0n) is 16.2. The number of rotatable bonds is 5. The maximum Gasteiger partial charge on any atom is 0.259 e. The van der Waals surface area contributed by atoms with E-state index >= 15 is 0 Å². The van der Waals surface area contributed by atoms with Crippen molar-refractivity contribution in [1.82, 2.24) is 4.90 Å². The first-order chi connectivity index (χ1) is 13.4. The molecule has 28 heavy (non-hydrogen) atoms. The highest BCUT2D eigenvalue weighted by Gasteiger charge is 2.34. The molecule has 2 amide bonds. The maximum atomic E-state index is 12.8. The summed E-state index contributed by atoms with van der Waals surface area (Å²) in [6.45, 7) is 1.98. The number of para-hydroxylation sites is 1. The first kappa shape index (κ1) is 21.2. The normalized spacial score (nSPS) is 12.3. The minimum absolute atomic E-state index is 0.239. The molecule has 6 nitrogen and oxygen atoms in total. The zero-order valence-corrected chi connectivity index (χ0v) is 16.2. The van der Waals surface area contributed by atoms with Gasteiger partial charge < -0.3 is 20.0 Å². The Bertz CT molecular complexity index is 884. The van der Waals surface area contributed by atoms with E-state index in [-0.39, 0.29) is 6.54 Å². The second kappa shape index (κ2) is 9.70. The predicted molar refractivity (Wildman–Crippen MR) is 108 cm³/mol. The lowest BCUT2D eigenvalue weighted by Crippen LogP contribution is -2.50. The minimum Gasteiger partial charge on any atom is -0.380 e. The lowest BCUT2D eigenvalue weighted by atomic mass is 10.1. The van der Waals surface area contributed by atoms with Crippen LogP contribution in [0.1, 0.15) is 18.1 Å². The van der Waals surface area contributed by atoms with Crippen LogP contribution in [0.2, 0.25) is 0 Å². The van der Waals surface area contributed by atoms with Gasteiger partial charge in [0.2, 0.25) is 0 Å². The summed E-state index contributed by atoms with van der Waals surface area (Å²) in [7, 11) is 2.88. The zero-order chi connectivity index (χ0) is 20.7. The van der Waals surface area contributed by atoms with Crippen molar-refractivity contribution < 1.29 is 19.8 Å². The van der Waals surface area contributed by atoms with Gasteiger partial charge in [0.15, 0.2) is 12.2 Å². The quantitative estimate of drug-likeness (QED) is 0.765. The third-order valence-electron chi connectivity index (χ3n) is 4.14. The molecule has 2 aromatic rings. The number of carbonyl (C=O) groups excluding carboxylic acids is 2. The van der Waals surface area contributed by atoms with E-state index in [0.29, 0.717) is 11.3 Å². The Morgan fingerprint density at radius 3 is 2.07 bits per heavy atom. The third kappa shape index (κ3) is 4.97. The minimum atomic E-state index is -1.87. The molecule has 146 valence electrons. The van der Waals surface area contributed by atoms with Gasteiger partial charge in [-0.05, 0) is 31.2 Å². The smallest absolute Gasteiger partial charge is 0.259 e. The highest BCUT2D eigenvalue weighted by atomic mass is 16.3. The first-order valence-corrected chi connectivity index (χ1v) is 8.91. The number of benzene rings is 2. The fraction of sp³-hybridized carbons (Fsp3) is 0.273. The van der Waals surface area contributed by atoms with Crippen LogP contribution in [0.3, 0.4) is 0 Å². The monoisotopic (exact) mass is 380 g/mol. The van der Waals surface area contributed by atoms with Gasteiger partial charge in [-0.25, -0.2) is 0 Å². The number of nitrogens with zero attached hydrogens (tertiary/aromatic N) is 2. The summed E-state index contributed by atoms with van der Waals surface area (Å²) in [5.74, 6) is 4.58. The molecule has 2 rings (SSSR count). The Balaban J connectivity index is 2.33. The predicted octanol–water partition coefficient (Wildman–Crippen LogP) is 1.25. The SMILES string of the molecule is CCN(C(=O)[C@H](O)[C@@H](O)C(=O)N(C)C)c1ccccc1C#Cc1ccccc1. The maximum absolute atomic E-state index is 12.8. The molecule has 0 heterocycles. The summed E-state index contributed by atoms with van der Waals surface area (Å²) >= 11 is 0. The number of amides is 2. The van der Waals surface area contributed by atoms with Gasteiger partial charge in [0.25, 0.3) is 11.8 Å². The lowest BCUT2D eigenvalue weighted by Gasteiger charge is -2.27. The van der Waals surface area contributed by atoms with Crippen molar-refractivity contribution in [3.63, 3.8) is 0 Å². The second-order valence-electron chi connectivity index (χ2n) is 6.34. The van der Waals surface area contributed by atoms with E-state index in [9.17, 15) is 19.8 Å². The molecule has 0 spiro atoms. The van der Waals surface area contributed by atoms with Crippen molar-refractivity contribution in [2.75, 3.05) is 25.5 Å². The number of aliphatic hydroxyl groups excluding tert-OH is 2. The Morgan fingerprint density at radius 2 is 1.46 bits per heavy atom. The largest absolute Gasteiger partial charge is 0.380 e. The van der Waals surface area contributed by atoms with Gasteiger partial charge in [-0.3, -0.25) is 9.59 Å². The number of anilines is 1. The van der Waals surface area contributed by atoms with E-state index in [2.05, 4.69) is 11.8 Å². The fourth-order valence-electron chi connectivity index (χ4n) is 2.61. The summed E-state index contributed by atoms with van der Waals surface area (Å²) in [6.07, 6.45) is -3.70.